The van der Waals surface area contributed by atoms with Gasteiger partial charge >= 0.3 is 0 Å². The van der Waals surface area contributed by atoms with Crippen LogP contribution in [0.4, 0.5) is 0 Å². The molecule has 1 aromatic carbocycles. The zero-order chi connectivity index (χ0) is 22.8. The molecule has 3 atom stereocenters. The van der Waals surface area contributed by atoms with Crippen molar-refractivity contribution in [3.05, 3.63) is 36.0 Å². The van der Waals surface area contributed by atoms with Crippen molar-refractivity contribution in [1.29, 1.82) is 0 Å². The second-order valence-corrected chi connectivity index (χ2v) is 8.35. The minimum Gasteiger partial charge on any atom is -0.394 e. The molecular weight excluding hydrogens is 402 g/mol. The van der Waals surface area contributed by atoms with Gasteiger partial charge in [0, 0.05) is 18.0 Å². The van der Waals surface area contributed by atoms with Crippen LogP contribution in [0.25, 0.3) is 10.9 Å². The van der Waals surface area contributed by atoms with E-state index < -0.39 is 48.5 Å². The van der Waals surface area contributed by atoms with Crippen molar-refractivity contribution in [2.75, 3.05) is 19.8 Å². The SMILES string of the molecule is CC(C)CC(NC(=O)C(CO)NC(=O)c1cc2ccccc2n1C)C(=O)C1(CO)CO1. The van der Waals surface area contributed by atoms with Crippen molar-refractivity contribution >= 4 is 28.5 Å². The highest BCUT2D eigenvalue weighted by Gasteiger charge is 2.54. The van der Waals surface area contributed by atoms with Gasteiger partial charge in [0.2, 0.25) is 5.91 Å². The number of aryl methyl sites for hydroxylation is 1. The van der Waals surface area contributed by atoms with Gasteiger partial charge in [-0.15, -0.1) is 0 Å². The number of hydrogen-bond donors (Lipinski definition) is 4. The quantitative estimate of drug-likeness (QED) is 0.395. The Labute approximate surface area is 180 Å². The summed E-state index contributed by atoms with van der Waals surface area (Å²) in [7, 11) is 1.74. The van der Waals surface area contributed by atoms with Crippen LogP contribution in [0.1, 0.15) is 30.8 Å². The van der Waals surface area contributed by atoms with E-state index in [0.29, 0.717) is 12.1 Å². The number of ether oxygens (including phenoxy) is 1. The molecule has 168 valence electrons. The van der Waals surface area contributed by atoms with Crippen molar-refractivity contribution in [2.24, 2.45) is 13.0 Å². The topological polar surface area (TPSA) is 133 Å². The van der Waals surface area contributed by atoms with E-state index in [1.807, 2.05) is 38.1 Å². The first kappa shape index (κ1) is 22.9. The molecule has 0 spiro atoms. The maximum absolute atomic E-state index is 12.8. The number of amides is 2. The summed E-state index contributed by atoms with van der Waals surface area (Å²) in [6.07, 6.45) is 0.338. The smallest absolute Gasteiger partial charge is 0.268 e. The maximum atomic E-state index is 12.8. The molecule has 0 radical (unpaired) electrons. The average Bonchev–Trinajstić information content (AvgIpc) is 3.48. The molecule has 0 aliphatic carbocycles. The van der Waals surface area contributed by atoms with Gasteiger partial charge < -0.3 is 30.2 Å². The standard InChI is InChI=1S/C22H29N3O6/c1-13(2)8-15(19(28)22(11-27)12-31-22)23-20(29)16(10-26)24-21(30)18-9-14-6-4-5-7-17(14)25(18)3/h4-7,9,13,15-16,26-27H,8,10-12H2,1-3H3,(H,23,29)(H,24,30). The number of benzene rings is 1. The second-order valence-electron chi connectivity index (χ2n) is 8.35. The summed E-state index contributed by atoms with van der Waals surface area (Å²) in [4.78, 5) is 38.3. The monoisotopic (exact) mass is 431 g/mol. The molecule has 2 aromatic rings. The van der Waals surface area contributed by atoms with E-state index in [0.717, 1.165) is 10.9 Å². The van der Waals surface area contributed by atoms with Crippen LogP contribution in [0, 0.1) is 5.92 Å². The van der Waals surface area contributed by atoms with Crippen molar-refractivity contribution in [1.82, 2.24) is 15.2 Å². The Kier molecular flexibility index (Phi) is 6.78. The van der Waals surface area contributed by atoms with Crippen LogP contribution in [0.5, 0.6) is 0 Å². The van der Waals surface area contributed by atoms with E-state index in [4.69, 9.17) is 4.74 Å². The number of epoxide rings is 1. The largest absolute Gasteiger partial charge is 0.394 e. The molecule has 1 aromatic heterocycles. The Hall–Kier alpha value is -2.75. The van der Waals surface area contributed by atoms with Gasteiger partial charge in [-0.3, -0.25) is 14.4 Å². The number of ketones is 1. The number of para-hydroxylation sites is 1. The predicted octanol–water partition coefficient (Wildman–Crippen LogP) is 0.130. The summed E-state index contributed by atoms with van der Waals surface area (Å²) in [5, 5.41) is 25.2. The molecule has 2 amide bonds. The molecule has 1 aliphatic heterocycles. The average molecular weight is 431 g/mol. The number of Topliss-reactive ketones (excluding diaryl/α,β-unsaturated/α-hetero) is 1. The van der Waals surface area contributed by atoms with E-state index in [1.165, 1.54) is 0 Å². The van der Waals surface area contributed by atoms with Gasteiger partial charge in [-0.05, 0) is 24.5 Å². The molecule has 3 unspecified atom stereocenters. The fraction of sp³-hybridized carbons (Fsp3) is 0.500. The highest BCUT2D eigenvalue weighted by atomic mass is 16.6. The van der Waals surface area contributed by atoms with Gasteiger partial charge in [0.25, 0.3) is 5.91 Å². The molecule has 2 heterocycles. The number of aliphatic hydroxyl groups is 2. The molecule has 0 saturated carbocycles. The van der Waals surface area contributed by atoms with E-state index in [1.54, 1.807) is 17.7 Å². The number of carbonyl (C=O) groups excluding carboxylic acids is 3. The third-order valence-electron chi connectivity index (χ3n) is 5.53. The van der Waals surface area contributed by atoms with Gasteiger partial charge in [0.15, 0.2) is 11.4 Å². The summed E-state index contributed by atoms with van der Waals surface area (Å²) in [5.41, 5.74) is -0.0691. The van der Waals surface area contributed by atoms with Crippen LogP contribution in [0.3, 0.4) is 0 Å². The van der Waals surface area contributed by atoms with E-state index in [-0.39, 0.29) is 12.5 Å². The van der Waals surface area contributed by atoms with Crippen molar-refractivity contribution < 1.29 is 29.3 Å². The van der Waals surface area contributed by atoms with Crippen LogP contribution in [-0.2, 0) is 21.4 Å². The molecule has 31 heavy (non-hydrogen) atoms. The lowest BCUT2D eigenvalue weighted by molar-refractivity contribution is -0.133. The van der Waals surface area contributed by atoms with Crippen LogP contribution < -0.4 is 10.6 Å². The lowest BCUT2D eigenvalue weighted by Gasteiger charge is -2.24. The number of hydrogen-bond acceptors (Lipinski definition) is 6. The predicted molar refractivity (Wildman–Crippen MR) is 113 cm³/mol. The molecule has 9 nitrogen and oxygen atoms in total. The van der Waals surface area contributed by atoms with E-state index in [9.17, 15) is 24.6 Å². The molecule has 3 rings (SSSR count). The second kappa shape index (κ2) is 9.17. The van der Waals surface area contributed by atoms with Gasteiger partial charge in [-0.1, -0.05) is 32.0 Å². The zero-order valence-electron chi connectivity index (χ0n) is 17.9. The molecule has 1 aliphatic rings. The Morgan fingerprint density at radius 3 is 2.39 bits per heavy atom. The van der Waals surface area contributed by atoms with Crippen molar-refractivity contribution in [3.8, 4) is 0 Å². The van der Waals surface area contributed by atoms with Gasteiger partial charge in [0.1, 0.15) is 11.7 Å². The summed E-state index contributed by atoms with van der Waals surface area (Å²) in [6.45, 7) is 2.81. The van der Waals surface area contributed by atoms with Crippen LogP contribution in [-0.4, -0.2) is 69.9 Å². The van der Waals surface area contributed by atoms with Crippen LogP contribution >= 0.6 is 0 Å². The van der Waals surface area contributed by atoms with Gasteiger partial charge in [-0.25, -0.2) is 0 Å². The van der Waals surface area contributed by atoms with Crippen LogP contribution in [0.2, 0.25) is 0 Å². The summed E-state index contributed by atoms with van der Waals surface area (Å²) in [6, 6.07) is 7.05. The number of nitrogens with zero attached hydrogens (tertiary/aromatic N) is 1. The van der Waals surface area contributed by atoms with Gasteiger partial charge in [-0.2, -0.15) is 0 Å². The maximum Gasteiger partial charge on any atom is 0.268 e. The first-order chi connectivity index (χ1) is 14.7. The Balaban J connectivity index is 1.72. The molecule has 4 N–H and O–H groups in total. The molecular formula is C22H29N3O6. The van der Waals surface area contributed by atoms with E-state index in [2.05, 4.69) is 10.6 Å². The highest BCUT2D eigenvalue weighted by molar-refractivity contribution is 6.02. The summed E-state index contributed by atoms with van der Waals surface area (Å²) >= 11 is 0. The third kappa shape index (κ3) is 4.79. The van der Waals surface area contributed by atoms with Crippen LogP contribution in [0.15, 0.2) is 30.3 Å². The highest BCUT2D eigenvalue weighted by Crippen LogP contribution is 2.30. The number of fused-ring (bicyclic) bond motifs is 1. The van der Waals surface area contributed by atoms with E-state index >= 15 is 0 Å². The number of aromatic nitrogens is 1. The third-order valence-corrected chi connectivity index (χ3v) is 5.53. The lowest BCUT2D eigenvalue weighted by atomic mass is 9.92. The van der Waals surface area contributed by atoms with Gasteiger partial charge in [0.05, 0.1) is 25.9 Å². The Morgan fingerprint density at radius 1 is 1.16 bits per heavy atom. The molecule has 0 bridgehead atoms. The lowest BCUT2D eigenvalue weighted by Crippen LogP contribution is -2.55. The number of carbonyl (C=O) groups is 3. The number of rotatable bonds is 10. The molecule has 1 fully saturated rings. The zero-order valence-corrected chi connectivity index (χ0v) is 17.9. The summed E-state index contributed by atoms with van der Waals surface area (Å²) < 4.78 is 6.84. The number of aliphatic hydroxyl groups excluding tert-OH is 2. The molecule has 1 saturated heterocycles. The Morgan fingerprint density at radius 2 is 1.84 bits per heavy atom. The normalized spacial score (nSPS) is 19.8. The first-order valence-corrected chi connectivity index (χ1v) is 10.3. The number of nitrogens with one attached hydrogen (secondary N) is 2. The first-order valence-electron chi connectivity index (χ1n) is 10.3. The minimum atomic E-state index is -1.27. The fourth-order valence-electron chi connectivity index (χ4n) is 3.62. The van der Waals surface area contributed by atoms with Crippen molar-refractivity contribution in [3.63, 3.8) is 0 Å². The Bertz CT molecular complexity index is 979. The fourth-order valence-corrected chi connectivity index (χ4v) is 3.62. The molecule has 9 heteroatoms. The minimum absolute atomic E-state index is 0.0849. The summed E-state index contributed by atoms with van der Waals surface area (Å²) in [5.74, 6) is -1.52. The van der Waals surface area contributed by atoms with Crippen molar-refractivity contribution in [2.45, 2.75) is 38.0 Å².